The first kappa shape index (κ1) is 20.2. The van der Waals surface area contributed by atoms with Gasteiger partial charge in [0, 0.05) is 25.0 Å². The number of carbonyl (C=O) groups excluding carboxylic acids is 1. The van der Waals surface area contributed by atoms with Gasteiger partial charge in [0.25, 0.3) is 0 Å². The largest absolute Gasteiger partial charge is 0.378 e. The quantitative estimate of drug-likeness (QED) is 0.843. The second-order valence-corrected chi connectivity index (χ2v) is 6.68. The van der Waals surface area contributed by atoms with Crippen LogP contribution in [0, 0.1) is 11.2 Å². The van der Waals surface area contributed by atoms with Gasteiger partial charge in [-0.2, -0.15) is 0 Å². The van der Waals surface area contributed by atoms with E-state index in [4.69, 9.17) is 22.1 Å². The van der Waals surface area contributed by atoms with Crippen molar-refractivity contribution in [1.29, 1.82) is 0 Å². The third-order valence-electron chi connectivity index (χ3n) is 4.67. The van der Waals surface area contributed by atoms with Crippen molar-refractivity contribution in [3.8, 4) is 0 Å². The van der Waals surface area contributed by atoms with Crippen molar-refractivity contribution in [2.75, 3.05) is 6.61 Å². The molecular formula is C16H23Cl2FN2O2. The highest BCUT2D eigenvalue weighted by atomic mass is 35.5. The zero-order chi connectivity index (χ0) is 16.5. The molecule has 2 unspecified atom stereocenters. The van der Waals surface area contributed by atoms with Crippen molar-refractivity contribution in [2.24, 2.45) is 11.1 Å². The summed E-state index contributed by atoms with van der Waals surface area (Å²) >= 11 is 5.73. The number of benzene rings is 1. The highest BCUT2D eigenvalue weighted by molar-refractivity contribution is 6.30. The maximum Gasteiger partial charge on any atom is 0.241 e. The van der Waals surface area contributed by atoms with Crippen LogP contribution in [-0.2, 0) is 16.1 Å². The minimum absolute atomic E-state index is 0. The molecule has 0 saturated heterocycles. The minimum atomic E-state index is -0.962. The summed E-state index contributed by atoms with van der Waals surface area (Å²) in [6.07, 6.45) is 0.470. The fourth-order valence-corrected chi connectivity index (χ4v) is 3.01. The topological polar surface area (TPSA) is 64.3 Å². The summed E-state index contributed by atoms with van der Waals surface area (Å²) in [5.74, 6) is -0.708. The van der Waals surface area contributed by atoms with E-state index in [9.17, 15) is 9.18 Å². The number of halogens is 3. The molecule has 0 heterocycles. The highest BCUT2D eigenvalue weighted by Crippen LogP contribution is 2.49. The molecule has 1 aromatic carbocycles. The molecule has 1 aliphatic rings. The molecular weight excluding hydrogens is 342 g/mol. The second kappa shape index (κ2) is 7.34. The summed E-state index contributed by atoms with van der Waals surface area (Å²) in [5, 5.41) is 2.84. The van der Waals surface area contributed by atoms with Crippen LogP contribution in [0.1, 0.15) is 32.8 Å². The van der Waals surface area contributed by atoms with Gasteiger partial charge in [0.1, 0.15) is 11.4 Å². The number of ether oxygens (including phenoxy) is 1. The van der Waals surface area contributed by atoms with E-state index in [1.165, 1.54) is 12.1 Å². The van der Waals surface area contributed by atoms with Gasteiger partial charge in [-0.15, -0.1) is 12.4 Å². The molecule has 0 radical (unpaired) electrons. The Bertz CT molecular complexity index is 583. The predicted octanol–water partition coefficient (Wildman–Crippen LogP) is 3.05. The van der Waals surface area contributed by atoms with Crippen LogP contribution in [-0.4, -0.2) is 24.2 Å². The molecule has 23 heavy (non-hydrogen) atoms. The summed E-state index contributed by atoms with van der Waals surface area (Å²) in [6.45, 7) is 6.65. The average Bonchev–Trinajstić information content (AvgIpc) is 2.47. The zero-order valence-electron chi connectivity index (χ0n) is 13.5. The molecule has 130 valence electrons. The first-order valence-corrected chi connectivity index (χ1v) is 7.73. The molecule has 1 aromatic rings. The zero-order valence-corrected chi connectivity index (χ0v) is 15.1. The van der Waals surface area contributed by atoms with Crippen molar-refractivity contribution >= 4 is 29.9 Å². The van der Waals surface area contributed by atoms with Crippen LogP contribution in [0.3, 0.4) is 0 Å². The number of hydrogen-bond acceptors (Lipinski definition) is 3. The van der Waals surface area contributed by atoms with Crippen molar-refractivity contribution in [3.05, 3.63) is 34.6 Å². The van der Waals surface area contributed by atoms with Gasteiger partial charge >= 0.3 is 0 Å². The van der Waals surface area contributed by atoms with Crippen molar-refractivity contribution in [2.45, 2.75) is 45.4 Å². The molecule has 1 fully saturated rings. The Morgan fingerprint density at radius 2 is 2.17 bits per heavy atom. The fourth-order valence-electron chi connectivity index (χ4n) is 2.81. The lowest BCUT2D eigenvalue weighted by Crippen LogP contribution is -2.75. The number of amides is 1. The lowest BCUT2D eigenvalue weighted by atomic mass is 9.54. The van der Waals surface area contributed by atoms with Gasteiger partial charge in [0.05, 0.1) is 11.1 Å². The third-order valence-corrected chi connectivity index (χ3v) is 4.96. The summed E-state index contributed by atoms with van der Waals surface area (Å²) in [4.78, 5) is 12.4. The number of hydrogen-bond donors (Lipinski definition) is 2. The van der Waals surface area contributed by atoms with E-state index in [0.29, 0.717) is 13.0 Å². The molecule has 3 N–H and O–H groups in total. The Morgan fingerprint density at radius 3 is 2.70 bits per heavy atom. The Hall–Kier alpha value is -0.880. The van der Waals surface area contributed by atoms with E-state index in [2.05, 4.69) is 5.32 Å². The van der Waals surface area contributed by atoms with E-state index < -0.39 is 16.8 Å². The van der Waals surface area contributed by atoms with Crippen LogP contribution in [0.25, 0.3) is 0 Å². The molecule has 4 nitrogen and oxygen atoms in total. The molecule has 0 aliphatic heterocycles. The smallest absolute Gasteiger partial charge is 0.241 e. The van der Waals surface area contributed by atoms with Crippen molar-refractivity contribution in [3.63, 3.8) is 0 Å². The number of rotatable bonds is 5. The maximum atomic E-state index is 13.1. The molecule has 0 aromatic heterocycles. The van der Waals surface area contributed by atoms with Crippen LogP contribution in [0.2, 0.25) is 5.02 Å². The third kappa shape index (κ3) is 3.63. The van der Waals surface area contributed by atoms with Gasteiger partial charge in [-0.25, -0.2) is 4.39 Å². The first-order valence-electron chi connectivity index (χ1n) is 7.35. The van der Waals surface area contributed by atoms with E-state index in [1.54, 1.807) is 6.07 Å². The van der Waals surface area contributed by atoms with E-state index in [0.717, 1.165) is 5.56 Å². The van der Waals surface area contributed by atoms with Gasteiger partial charge in [0.2, 0.25) is 5.91 Å². The summed E-state index contributed by atoms with van der Waals surface area (Å²) in [5.41, 5.74) is 5.61. The average molecular weight is 365 g/mol. The monoisotopic (exact) mass is 364 g/mol. The summed E-state index contributed by atoms with van der Waals surface area (Å²) in [7, 11) is 0. The van der Waals surface area contributed by atoms with Crippen LogP contribution < -0.4 is 11.1 Å². The molecule has 0 spiro atoms. The minimum Gasteiger partial charge on any atom is -0.378 e. The van der Waals surface area contributed by atoms with Crippen LogP contribution in [0.5, 0.6) is 0 Å². The van der Waals surface area contributed by atoms with Gasteiger partial charge in [0.15, 0.2) is 0 Å². The van der Waals surface area contributed by atoms with Crippen molar-refractivity contribution in [1.82, 2.24) is 5.32 Å². The van der Waals surface area contributed by atoms with E-state index in [-0.39, 0.29) is 36.0 Å². The Morgan fingerprint density at radius 1 is 1.52 bits per heavy atom. The Kier molecular flexibility index (Phi) is 6.44. The second-order valence-electron chi connectivity index (χ2n) is 6.27. The van der Waals surface area contributed by atoms with Gasteiger partial charge in [-0.1, -0.05) is 31.5 Å². The summed E-state index contributed by atoms with van der Waals surface area (Å²) < 4.78 is 18.7. The normalized spacial score (nSPS) is 25.2. The van der Waals surface area contributed by atoms with Crippen molar-refractivity contribution < 1.29 is 13.9 Å². The molecule has 2 atom stereocenters. The fraction of sp³-hybridized carbons (Fsp3) is 0.562. The molecule has 1 saturated carbocycles. The molecule has 7 heteroatoms. The molecule has 1 aliphatic carbocycles. The maximum absolute atomic E-state index is 13.1. The van der Waals surface area contributed by atoms with Gasteiger partial charge < -0.3 is 15.8 Å². The molecule has 1 amide bonds. The standard InChI is InChI=1S/C16H22ClFN2O2.ClH/c1-4-22-13-8-16(19,15(13,2)3)14(21)20-9-10-5-6-12(18)11(17)7-10;/h5-7,13H,4,8-9,19H2,1-3H3,(H,20,21);1H. The first-order chi connectivity index (χ1) is 10.2. The lowest BCUT2D eigenvalue weighted by Gasteiger charge is -2.57. The van der Waals surface area contributed by atoms with Crippen LogP contribution >= 0.6 is 24.0 Å². The number of nitrogens with two attached hydrogens (primary N) is 1. The highest BCUT2D eigenvalue weighted by Gasteiger charge is 2.62. The van der Waals surface area contributed by atoms with Crippen LogP contribution in [0.15, 0.2) is 18.2 Å². The van der Waals surface area contributed by atoms with Gasteiger partial charge in [-0.3, -0.25) is 4.79 Å². The van der Waals surface area contributed by atoms with Gasteiger partial charge in [-0.05, 0) is 24.6 Å². The Balaban J connectivity index is 0.00000264. The Labute approximate surface area is 147 Å². The number of carbonyl (C=O) groups is 1. The lowest BCUT2D eigenvalue weighted by molar-refractivity contribution is -0.170. The molecule has 0 bridgehead atoms. The molecule has 2 rings (SSSR count). The SMILES string of the molecule is CCOC1CC(N)(C(=O)NCc2ccc(F)c(Cl)c2)C1(C)C.Cl. The summed E-state index contributed by atoms with van der Waals surface area (Å²) in [6, 6.07) is 4.36. The van der Waals surface area contributed by atoms with Crippen LogP contribution in [0.4, 0.5) is 4.39 Å². The van der Waals surface area contributed by atoms with E-state index >= 15 is 0 Å². The predicted molar refractivity (Wildman–Crippen MR) is 91.2 cm³/mol. The van der Waals surface area contributed by atoms with E-state index in [1.807, 2.05) is 20.8 Å². The number of nitrogens with one attached hydrogen (secondary N) is 1.